The number of aromatic nitrogens is 2. The van der Waals surface area contributed by atoms with E-state index in [9.17, 15) is 9.59 Å². The summed E-state index contributed by atoms with van der Waals surface area (Å²) in [6.45, 7) is 0. The predicted molar refractivity (Wildman–Crippen MR) is 130 cm³/mol. The average molecular weight is 474 g/mol. The van der Waals surface area contributed by atoms with E-state index in [1.807, 2.05) is 66.0 Å². The number of nitrogens with one attached hydrogen (secondary N) is 1. The Morgan fingerprint density at radius 2 is 1.73 bits per heavy atom. The predicted octanol–water partition coefficient (Wildman–Crippen LogP) is 3.58. The molecule has 5 rings (SSSR count). The molecule has 9 nitrogen and oxygen atoms in total. The number of benzene rings is 2. The van der Waals surface area contributed by atoms with Crippen LogP contribution in [0.25, 0.3) is 11.3 Å². The first-order valence-corrected chi connectivity index (χ1v) is 11.4. The Kier molecular flexibility index (Phi) is 5.47. The first-order chi connectivity index (χ1) is 16.1. The standard InChI is InChI=1S/C22H15N7O2S2/c23-19(30)16-11-24-21(33-16)27-26-18-17(14-9-5-2-6-10-14)28-29(20(18)31)22-25-15(12-32-22)13-7-3-1-4-8-13/h1-12H,(H2,23,30)(H,24,27). The third-order valence-electron chi connectivity index (χ3n) is 4.62. The van der Waals surface area contributed by atoms with Gasteiger partial charge in [-0.15, -0.1) is 11.3 Å². The lowest BCUT2D eigenvalue weighted by Gasteiger charge is -2.06. The summed E-state index contributed by atoms with van der Waals surface area (Å²) in [5.41, 5.74) is 10.9. The van der Waals surface area contributed by atoms with Crippen molar-refractivity contribution in [3.63, 3.8) is 0 Å². The monoisotopic (exact) mass is 473 g/mol. The zero-order valence-electron chi connectivity index (χ0n) is 16.9. The van der Waals surface area contributed by atoms with E-state index in [2.05, 4.69) is 25.6 Å². The maximum atomic E-state index is 13.3. The van der Waals surface area contributed by atoms with Crippen molar-refractivity contribution in [3.8, 4) is 11.3 Å². The minimum atomic E-state index is -0.583. The van der Waals surface area contributed by atoms with Gasteiger partial charge in [0.05, 0.1) is 11.9 Å². The van der Waals surface area contributed by atoms with Crippen molar-refractivity contribution in [2.24, 2.45) is 15.9 Å². The van der Waals surface area contributed by atoms with E-state index in [4.69, 9.17) is 5.73 Å². The average Bonchev–Trinajstić information content (AvgIpc) is 3.58. The van der Waals surface area contributed by atoms with Gasteiger partial charge in [0.2, 0.25) is 10.3 Å². The number of hydrazone groups is 2. The summed E-state index contributed by atoms with van der Waals surface area (Å²) in [6.07, 6.45) is 1.35. The maximum Gasteiger partial charge on any atom is 0.303 e. The molecule has 0 atom stereocenters. The van der Waals surface area contributed by atoms with Gasteiger partial charge in [0.1, 0.15) is 10.6 Å². The van der Waals surface area contributed by atoms with Crippen LogP contribution in [0.2, 0.25) is 0 Å². The van der Waals surface area contributed by atoms with Crippen molar-refractivity contribution in [2.45, 2.75) is 0 Å². The topological polar surface area (TPSA) is 126 Å². The summed E-state index contributed by atoms with van der Waals surface area (Å²) in [4.78, 5) is 33.5. The second kappa shape index (κ2) is 8.73. The Balaban J connectivity index is 1.49. The van der Waals surface area contributed by atoms with Gasteiger partial charge in [0.15, 0.2) is 5.71 Å². The second-order valence-corrected chi connectivity index (χ2v) is 8.65. The Labute approximate surface area is 195 Å². The molecule has 0 fully saturated rings. The van der Waals surface area contributed by atoms with Gasteiger partial charge < -0.3 is 5.73 Å². The lowest BCUT2D eigenvalue weighted by Crippen LogP contribution is -2.28. The molecule has 0 saturated carbocycles. The summed E-state index contributed by atoms with van der Waals surface area (Å²) < 4.78 is 0. The van der Waals surface area contributed by atoms with Gasteiger partial charge in [0.25, 0.3) is 5.91 Å². The quantitative estimate of drug-likeness (QED) is 0.414. The largest absolute Gasteiger partial charge is 0.365 e. The summed E-state index contributed by atoms with van der Waals surface area (Å²) in [7, 11) is 0. The Hall–Kier alpha value is -4.22. The Morgan fingerprint density at radius 1 is 1.03 bits per heavy atom. The van der Waals surface area contributed by atoms with E-state index in [1.165, 1.54) is 22.5 Å². The normalized spacial score (nSPS) is 14.5. The smallest absolute Gasteiger partial charge is 0.303 e. The number of hydrogen-bond acceptors (Lipinski definition) is 9. The molecular formula is C22H15N7O2S2. The fourth-order valence-electron chi connectivity index (χ4n) is 3.06. The number of nitrogens with two attached hydrogens (primary N) is 1. The summed E-state index contributed by atoms with van der Waals surface area (Å²) in [6, 6.07) is 19.0. The lowest BCUT2D eigenvalue weighted by molar-refractivity contribution is -0.112. The van der Waals surface area contributed by atoms with Crippen LogP contribution >= 0.6 is 22.7 Å². The molecule has 4 aromatic rings. The van der Waals surface area contributed by atoms with Crippen LogP contribution in [0.3, 0.4) is 0 Å². The van der Waals surface area contributed by atoms with Crippen molar-refractivity contribution >= 4 is 56.2 Å². The van der Waals surface area contributed by atoms with Gasteiger partial charge in [-0.25, -0.2) is 9.97 Å². The van der Waals surface area contributed by atoms with Crippen LogP contribution in [0.15, 0.2) is 82.4 Å². The number of nitrogens with zero attached hydrogens (tertiary/aromatic N) is 5. The lowest BCUT2D eigenvalue weighted by atomic mass is 10.1. The highest BCUT2D eigenvalue weighted by atomic mass is 32.1. The molecule has 0 unspecified atom stereocenters. The molecule has 33 heavy (non-hydrogen) atoms. The van der Waals surface area contributed by atoms with Crippen LogP contribution in [0.5, 0.6) is 0 Å². The number of anilines is 2. The highest BCUT2D eigenvalue weighted by Crippen LogP contribution is 2.30. The van der Waals surface area contributed by atoms with Crippen LogP contribution in [0.4, 0.5) is 10.3 Å². The van der Waals surface area contributed by atoms with Gasteiger partial charge in [-0.3, -0.25) is 15.0 Å². The summed E-state index contributed by atoms with van der Waals surface area (Å²) >= 11 is 2.36. The van der Waals surface area contributed by atoms with E-state index in [1.54, 1.807) is 0 Å². The highest BCUT2D eigenvalue weighted by Gasteiger charge is 2.35. The van der Waals surface area contributed by atoms with Crippen molar-refractivity contribution in [2.75, 3.05) is 10.4 Å². The third-order valence-corrected chi connectivity index (χ3v) is 6.35. The van der Waals surface area contributed by atoms with Gasteiger partial charge in [-0.1, -0.05) is 72.0 Å². The molecule has 0 radical (unpaired) electrons. The number of carbonyl (C=O) groups is 2. The summed E-state index contributed by atoms with van der Waals surface area (Å²) in [5, 5.41) is 12.7. The molecule has 0 aliphatic carbocycles. The first kappa shape index (κ1) is 20.7. The molecule has 11 heteroatoms. The highest BCUT2D eigenvalue weighted by molar-refractivity contribution is 7.17. The third kappa shape index (κ3) is 4.14. The van der Waals surface area contributed by atoms with E-state index in [0.717, 1.165) is 28.2 Å². The SMILES string of the molecule is NC(=O)c1cnc(NN=C2C(=O)N(c3nc(-c4ccccc4)cs3)N=C2c2ccccc2)s1. The number of carbonyl (C=O) groups excluding carboxylic acids is 2. The van der Waals surface area contributed by atoms with Crippen molar-refractivity contribution < 1.29 is 9.59 Å². The number of amides is 2. The first-order valence-electron chi connectivity index (χ1n) is 9.69. The minimum Gasteiger partial charge on any atom is -0.365 e. The second-order valence-electron chi connectivity index (χ2n) is 6.78. The molecular weight excluding hydrogens is 458 g/mol. The van der Waals surface area contributed by atoms with E-state index >= 15 is 0 Å². The number of primary amides is 1. The Morgan fingerprint density at radius 3 is 2.39 bits per heavy atom. The molecule has 3 N–H and O–H groups in total. The molecule has 2 aromatic heterocycles. The van der Waals surface area contributed by atoms with Gasteiger partial charge in [-0.2, -0.15) is 15.2 Å². The molecule has 3 heterocycles. The molecule has 0 saturated heterocycles. The van der Waals surface area contributed by atoms with Crippen LogP contribution in [-0.2, 0) is 4.79 Å². The van der Waals surface area contributed by atoms with Crippen LogP contribution in [0.1, 0.15) is 15.2 Å². The van der Waals surface area contributed by atoms with E-state index in [-0.39, 0.29) is 10.6 Å². The van der Waals surface area contributed by atoms with Gasteiger partial charge >= 0.3 is 5.91 Å². The zero-order valence-corrected chi connectivity index (χ0v) is 18.5. The maximum absolute atomic E-state index is 13.3. The number of hydrogen-bond donors (Lipinski definition) is 2. The van der Waals surface area contributed by atoms with E-state index < -0.39 is 11.8 Å². The molecule has 0 spiro atoms. The molecule has 162 valence electrons. The van der Waals surface area contributed by atoms with Crippen molar-refractivity contribution in [3.05, 3.63) is 82.7 Å². The van der Waals surface area contributed by atoms with Crippen molar-refractivity contribution in [1.29, 1.82) is 0 Å². The minimum absolute atomic E-state index is 0.105. The van der Waals surface area contributed by atoms with E-state index in [0.29, 0.717) is 16.0 Å². The van der Waals surface area contributed by atoms with Crippen molar-refractivity contribution in [1.82, 2.24) is 9.97 Å². The molecule has 2 amide bonds. The van der Waals surface area contributed by atoms with Crippen LogP contribution in [0, 0.1) is 0 Å². The summed E-state index contributed by atoms with van der Waals surface area (Å²) in [5.74, 6) is -1.01. The zero-order chi connectivity index (χ0) is 22.8. The molecule has 0 bridgehead atoms. The molecule has 1 aliphatic heterocycles. The number of rotatable bonds is 6. The number of thiazole rings is 2. The molecule has 2 aromatic carbocycles. The Bertz CT molecular complexity index is 1390. The van der Waals surface area contributed by atoms with Crippen LogP contribution < -0.4 is 16.2 Å². The van der Waals surface area contributed by atoms with Crippen LogP contribution in [-0.4, -0.2) is 33.2 Å². The fraction of sp³-hybridized carbons (Fsp3) is 0. The molecule has 1 aliphatic rings. The van der Waals surface area contributed by atoms with Gasteiger partial charge in [-0.05, 0) is 0 Å². The fourth-order valence-corrected chi connectivity index (χ4v) is 4.45. The van der Waals surface area contributed by atoms with Gasteiger partial charge in [0, 0.05) is 16.5 Å².